The van der Waals surface area contributed by atoms with Crippen LogP contribution in [-0.2, 0) is 25.6 Å². The fraction of sp³-hybridized carbons (Fsp3) is 0.406. The highest BCUT2D eigenvalue weighted by Gasteiger charge is 2.36. The number of carbonyl (C=O) groups is 5. The quantitative estimate of drug-likeness (QED) is 0.226. The van der Waals surface area contributed by atoms with Gasteiger partial charge in [0.1, 0.15) is 5.78 Å². The fourth-order valence-electron chi connectivity index (χ4n) is 5.27. The number of amides is 2. The van der Waals surface area contributed by atoms with Gasteiger partial charge in [-0.1, -0.05) is 24.3 Å². The van der Waals surface area contributed by atoms with E-state index < -0.39 is 58.4 Å². The number of hydrogen-bond donors (Lipinski definition) is 3. The number of H-pyrrole nitrogens is 1. The maximum absolute atomic E-state index is 14.0. The summed E-state index contributed by atoms with van der Waals surface area (Å²) in [5, 5.41) is 6.03. The van der Waals surface area contributed by atoms with E-state index >= 15 is 0 Å². The largest absolute Gasteiger partial charge is 0.352 e. The van der Waals surface area contributed by atoms with Crippen molar-refractivity contribution in [2.75, 3.05) is 0 Å². The summed E-state index contributed by atoms with van der Waals surface area (Å²) in [4.78, 5) is 68.5. The summed E-state index contributed by atoms with van der Waals surface area (Å²) in [6.45, 7) is 5.12. The molecule has 3 N–H and O–H groups in total. The number of nitrogens with one attached hydrogen (secondary N) is 3. The second kappa shape index (κ2) is 12.8. The first-order chi connectivity index (χ1) is 19.8. The summed E-state index contributed by atoms with van der Waals surface area (Å²) in [6, 6.07) is 10.9. The Bertz CT molecular complexity index is 1490. The van der Waals surface area contributed by atoms with E-state index in [2.05, 4.69) is 15.6 Å². The number of benzene rings is 2. The molecular weight excluding hydrogens is 544 g/mol. The molecule has 3 aromatic rings. The van der Waals surface area contributed by atoms with Crippen molar-refractivity contribution >= 4 is 40.1 Å². The Balaban J connectivity index is 1.60. The average molecular weight is 580 g/mol. The van der Waals surface area contributed by atoms with E-state index in [9.17, 15) is 32.8 Å². The first kappa shape index (κ1) is 30.7. The number of aromatic amines is 1. The van der Waals surface area contributed by atoms with Crippen molar-refractivity contribution in [3.63, 3.8) is 0 Å². The van der Waals surface area contributed by atoms with E-state index in [-0.39, 0.29) is 36.3 Å². The first-order valence-corrected chi connectivity index (χ1v) is 14.0. The van der Waals surface area contributed by atoms with Gasteiger partial charge in [-0.25, -0.2) is 8.78 Å². The molecule has 1 heterocycles. The number of para-hydroxylation sites is 1. The lowest BCUT2D eigenvalue weighted by molar-refractivity contribution is -0.141. The molecule has 0 saturated heterocycles. The van der Waals surface area contributed by atoms with Crippen LogP contribution in [0.3, 0.4) is 0 Å². The summed E-state index contributed by atoms with van der Waals surface area (Å²) in [7, 11) is 0. The van der Waals surface area contributed by atoms with Gasteiger partial charge < -0.3 is 15.6 Å². The Labute approximate surface area is 242 Å². The summed E-state index contributed by atoms with van der Waals surface area (Å²) < 4.78 is 27.6. The fourth-order valence-corrected chi connectivity index (χ4v) is 5.27. The summed E-state index contributed by atoms with van der Waals surface area (Å²) in [6.07, 6.45) is 1.07. The van der Waals surface area contributed by atoms with Gasteiger partial charge in [0.2, 0.25) is 11.7 Å². The van der Waals surface area contributed by atoms with Crippen LogP contribution >= 0.6 is 0 Å². The molecule has 1 aliphatic rings. The lowest BCUT2D eigenvalue weighted by Crippen LogP contribution is -2.53. The van der Waals surface area contributed by atoms with Crippen molar-refractivity contribution in [3.8, 4) is 0 Å². The van der Waals surface area contributed by atoms with Crippen LogP contribution in [0.5, 0.6) is 0 Å². The third kappa shape index (κ3) is 7.74. The minimum Gasteiger partial charge on any atom is -0.352 e. The van der Waals surface area contributed by atoms with Crippen LogP contribution in [0, 0.1) is 23.5 Å². The smallest absolute Gasteiger partial charge is 0.290 e. The van der Waals surface area contributed by atoms with Gasteiger partial charge in [-0.05, 0) is 76.3 Å². The van der Waals surface area contributed by atoms with Gasteiger partial charge in [0.05, 0.1) is 11.7 Å². The van der Waals surface area contributed by atoms with E-state index in [0.717, 1.165) is 23.0 Å². The highest BCUT2D eigenvalue weighted by Crippen LogP contribution is 2.27. The first-order valence-electron chi connectivity index (χ1n) is 14.0. The molecule has 222 valence electrons. The summed E-state index contributed by atoms with van der Waals surface area (Å²) >= 11 is 0. The Hall–Kier alpha value is -4.21. The van der Waals surface area contributed by atoms with Crippen LogP contribution in [0.1, 0.15) is 68.9 Å². The van der Waals surface area contributed by atoms with Crippen LogP contribution in [0.15, 0.2) is 48.5 Å². The van der Waals surface area contributed by atoms with Crippen LogP contribution < -0.4 is 10.6 Å². The zero-order chi connectivity index (χ0) is 30.6. The average Bonchev–Trinajstić information content (AvgIpc) is 3.54. The van der Waals surface area contributed by atoms with Crippen molar-refractivity contribution in [2.45, 2.75) is 70.9 Å². The van der Waals surface area contributed by atoms with E-state index in [1.807, 2.05) is 18.2 Å². The van der Waals surface area contributed by atoms with Crippen molar-refractivity contribution in [2.24, 2.45) is 11.8 Å². The molecule has 10 heteroatoms. The van der Waals surface area contributed by atoms with Gasteiger partial charge in [-0.15, -0.1) is 0 Å². The van der Waals surface area contributed by atoms with Gasteiger partial charge in [-0.2, -0.15) is 0 Å². The number of fused-ring (bicyclic) bond motifs is 1. The molecule has 1 aromatic heterocycles. The zero-order valence-electron chi connectivity index (χ0n) is 23.9. The minimum atomic E-state index is -1.30. The predicted octanol–water partition coefficient (Wildman–Crippen LogP) is 4.61. The molecule has 0 aliphatic heterocycles. The molecule has 2 aromatic carbocycles. The Morgan fingerprint density at radius 1 is 1.02 bits per heavy atom. The van der Waals surface area contributed by atoms with Gasteiger partial charge in [-0.3, -0.25) is 24.0 Å². The Kier molecular flexibility index (Phi) is 9.33. The number of aromatic nitrogens is 1. The number of Topliss-reactive ketones (excluding diaryl/α,β-unsaturated/α-hetero) is 3. The molecule has 0 unspecified atom stereocenters. The van der Waals surface area contributed by atoms with Gasteiger partial charge in [0.25, 0.3) is 5.91 Å². The number of ketones is 3. The molecule has 1 saturated carbocycles. The maximum atomic E-state index is 14.0. The maximum Gasteiger partial charge on any atom is 0.290 e. The van der Waals surface area contributed by atoms with Gasteiger partial charge in [0.15, 0.2) is 17.4 Å². The van der Waals surface area contributed by atoms with E-state index in [0.29, 0.717) is 19.3 Å². The molecule has 1 fully saturated rings. The van der Waals surface area contributed by atoms with Crippen LogP contribution in [0.25, 0.3) is 10.9 Å². The summed E-state index contributed by atoms with van der Waals surface area (Å²) in [5.41, 5.74) is 0.566. The predicted molar refractivity (Wildman–Crippen MR) is 153 cm³/mol. The Morgan fingerprint density at radius 2 is 1.76 bits per heavy atom. The van der Waals surface area contributed by atoms with Crippen molar-refractivity contribution in [1.82, 2.24) is 15.6 Å². The molecule has 2 amide bonds. The Morgan fingerprint density at radius 3 is 2.40 bits per heavy atom. The third-order valence-corrected chi connectivity index (χ3v) is 7.40. The highest BCUT2D eigenvalue weighted by atomic mass is 19.2. The monoisotopic (exact) mass is 579 g/mol. The van der Waals surface area contributed by atoms with Gasteiger partial charge in [0, 0.05) is 41.1 Å². The number of hydrogen-bond acceptors (Lipinski definition) is 5. The number of carbonyl (C=O) groups excluding carboxylic acids is 5. The lowest BCUT2D eigenvalue weighted by atomic mass is 9.90. The topological polar surface area (TPSA) is 125 Å². The highest BCUT2D eigenvalue weighted by molar-refractivity contribution is 6.38. The van der Waals surface area contributed by atoms with Gasteiger partial charge >= 0.3 is 0 Å². The van der Waals surface area contributed by atoms with E-state index in [4.69, 9.17) is 0 Å². The standard InChI is InChI=1S/C32H35F2N3O5/c1-32(2,3)37-31(42)29(40)26(16-20-8-6-10-27(20)38)36-30(41)21(13-18-11-12-22(33)23(34)14-18)17-28(39)25-15-19-7-4-5-9-24(19)35-25/h4-5,7,9,11-12,14-15,20-21,26,35H,6,8,10,13,16-17H2,1-3H3,(H,36,41)(H,37,42)/t20-,21+,26-/m0/s1. The summed E-state index contributed by atoms with van der Waals surface area (Å²) in [5.74, 6) is -6.66. The molecule has 1 aliphatic carbocycles. The molecule has 0 bridgehead atoms. The molecular formula is C32H35F2N3O5. The number of halogens is 2. The molecule has 0 spiro atoms. The normalized spacial score (nSPS) is 16.7. The molecule has 8 nitrogen and oxygen atoms in total. The SMILES string of the molecule is CC(C)(C)NC(=O)C(=O)[C@H](C[C@@H]1CCCC1=O)NC(=O)[C@@H](CC(=O)c1cc2ccccc2[nH]1)Cc1ccc(F)c(F)c1. The second-order valence-corrected chi connectivity index (χ2v) is 12.0. The van der Waals surface area contributed by atoms with E-state index in [1.54, 1.807) is 32.9 Å². The second-order valence-electron chi connectivity index (χ2n) is 12.0. The van der Waals surface area contributed by atoms with Crippen LogP contribution in [0.4, 0.5) is 8.78 Å². The van der Waals surface area contributed by atoms with Crippen LogP contribution in [0.2, 0.25) is 0 Å². The van der Waals surface area contributed by atoms with Crippen LogP contribution in [-0.4, -0.2) is 45.7 Å². The third-order valence-electron chi connectivity index (χ3n) is 7.40. The molecule has 3 atom stereocenters. The minimum absolute atomic E-state index is 0.0365. The van der Waals surface area contributed by atoms with Crippen molar-refractivity contribution in [1.29, 1.82) is 0 Å². The lowest BCUT2D eigenvalue weighted by Gasteiger charge is -2.25. The number of rotatable bonds is 11. The van der Waals surface area contributed by atoms with E-state index in [1.165, 1.54) is 6.07 Å². The molecule has 4 rings (SSSR count). The van der Waals surface area contributed by atoms with Crippen molar-refractivity contribution < 1.29 is 32.8 Å². The van der Waals surface area contributed by atoms with Crippen molar-refractivity contribution in [3.05, 3.63) is 71.4 Å². The molecule has 0 radical (unpaired) electrons. The zero-order valence-corrected chi connectivity index (χ0v) is 23.9. The molecule has 42 heavy (non-hydrogen) atoms.